The molecule has 146 valence electrons. The van der Waals surface area contributed by atoms with E-state index in [1.807, 2.05) is 31.2 Å². The largest absolute Gasteiger partial charge is 0.495 e. The Balaban J connectivity index is 2.30. The maximum atomic E-state index is 12.7. The predicted molar refractivity (Wildman–Crippen MR) is 108 cm³/mol. The van der Waals surface area contributed by atoms with Gasteiger partial charge in [0.2, 0.25) is 15.9 Å². The molecule has 0 fully saturated rings. The number of aryl methyl sites for hydroxylation is 1. The Morgan fingerprint density at radius 2 is 1.93 bits per heavy atom. The molecule has 6 nitrogen and oxygen atoms in total. The average Bonchev–Trinajstić information content (AvgIpc) is 2.60. The van der Waals surface area contributed by atoms with Crippen LogP contribution in [0, 0.1) is 6.92 Å². The molecular formula is C19H23ClN2O4S. The van der Waals surface area contributed by atoms with Crippen LogP contribution in [0.5, 0.6) is 5.75 Å². The summed E-state index contributed by atoms with van der Waals surface area (Å²) >= 11 is 6.03. The highest BCUT2D eigenvalue weighted by atomic mass is 35.5. The molecule has 0 aromatic heterocycles. The van der Waals surface area contributed by atoms with Crippen LogP contribution in [-0.2, 0) is 21.4 Å². The quantitative estimate of drug-likeness (QED) is 0.760. The van der Waals surface area contributed by atoms with Crippen molar-refractivity contribution in [1.29, 1.82) is 0 Å². The highest BCUT2D eigenvalue weighted by Gasteiger charge is 2.31. The fourth-order valence-corrected chi connectivity index (χ4v) is 4.09. The van der Waals surface area contributed by atoms with Crippen molar-refractivity contribution in [2.24, 2.45) is 0 Å². The van der Waals surface area contributed by atoms with Crippen LogP contribution < -0.4 is 14.4 Å². The van der Waals surface area contributed by atoms with E-state index in [0.717, 1.165) is 21.7 Å². The van der Waals surface area contributed by atoms with E-state index in [9.17, 15) is 13.2 Å². The first kappa shape index (κ1) is 21.1. The van der Waals surface area contributed by atoms with Crippen LogP contribution in [0.1, 0.15) is 18.1 Å². The molecule has 8 heteroatoms. The van der Waals surface area contributed by atoms with Gasteiger partial charge in [-0.1, -0.05) is 35.9 Å². The van der Waals surface area contributed by atoms with Gasteiger partial charge in [0.1, 0.15) is 11.8 Å². The van der Waals surface area contributed by atoms with Gasteiger partial charge in [-0.3, -0.25) is 9.10 Å². The van der Waals surface area contributed by atoms with Gasteiger partial charge in [0.05, 0.1) is 19.1 Å². The third-order valence-electron chi connectivity index (χ3n) is 4.18. The number of carbonyl (C=O) groups is 1. The Hall–Kier alpha value is -2.25. The number of amides is 1. The van der Waals surface area contributed by atoms with Gasteiger partial charge in [-0.15, -0.1) is 0 Å². The smallest absolute Gasteiger partial charge is 0.243 e. The Labute approximate surface area is 165 Å². The Kier molecular flexibility index (Phi) is 6.73. The summed E-state index contributed by atoms with van der Waals surface area (Å²) in [5.41, 5.74) is 2.22. The third-order valence-corrected chi connectivity index (χ3v) is 5.64. The number of methoxy groups -OCH3 is 1. The highest BCUT2D eigenvalue weighted by Crippen LogP contribution is 2.34. The standard InChI is InChI=1S/C19H23ClN2O4S/c1-13-7-5-6-8-15(13)12-21-19(23)14(2)22(27(4,24)25)17-11-16(20)9-10-18(17)26-3/h5-11,14H,12H2,1-4H3,(H,21,23)/t14-/m1/s1. The first-order valence-corrected chi connectivity index (χ1v) is 10.5. The highest BCUT2D eigenvalue weighted by molar-refractivity contribution is 7.92. The Morgan fingerprint density at radius 1 is 1.26 bits per heavy atom. The number of rotatable bonds is 7. The zero-order chi connectivity index (χ0) is 20.2. The average molecular weight is 411 g/mol. The van der Waals surface area contributed by atoms with E-state index in [1.54, 1.807) is 12.1 Å². The zero-order valence-electron chi connectivity index (χ0n) is 15.7. The summed E-state index contributed by atoms with van der Waals surface area (Å²) in [6, 6.07) is 11.3. The summed E-state index contributed by atoms with van der Waals surface area (Å²) in [6.45, 7) is 3.78. The molecule has 0 aliphatic carbocycles. The lowest BCUT2D eigenvalue weighted by atomic mass is 10.1. The first-order chi connectivity index (χ1) is 12.6. The van der Waals surface area contributed by atoms with Crippen molar-refractivity contribution in [1.82, 2.24) is 5.32 Å². The normalized spacial score (nSPS) is 12.3. The second-order valence-electron chi connectivity index (χ2n) is 6.20. The van der Waals surface area contributed by atoms with Gasteiger partial charge in [-0.2, -0.15) is 0 Å². The van der Waals surface area contributed by atoms with Gasteiger partial charge >= 0.3 is 0 Å². The van der Waals surface area contributed by atoms with Gasteiger partial charge in [-0.05, 0) is 43.2 Å². The SMILES string of the molecule is COc1ccc(Cl)cc1N([C@H](C)C(=O)NCc1ccccc1C)S(C)(=O)=O. The molecule has 0 saturated heterocycles. The van der Waals surface area contributed by atoms with Gasteiger partial charge < -0.3 is 10.1 Å². The third kappa shape index (κ3) is 5.14. The van der Waals surface area contributed by atoms with Gasteiger partial charge in [0.25, 0.3) is 0 Å². The van der Waals surface area contributed by atoms with E-state index in [-0.39, 0.29) is 5.69 Å². The van der Waals surface area contributed by atoms with Crippen molar-refractivity contribution >= 4 is 33.2 Å². The van der Waals surface area contributed by atoms with E-state index in [2.05, 4.69) is 5.32 Å². The van der Waals surface area contributed by atoms with Crippen LogP contribution in [-0.4, -0.2) is 33.7 Å². The lowest BCUT2D eigenvalue weighted by Gasteiger charge is -2.29. The second kappa shape index (κ2) is 8.63. The van der Waals surface area contributed by atoms with Crippen LogP contribution in [0.15, 0.2) is 42.5 Å². The Morgan fingerprint density at radius 3 is 2.52 bits per heavy atom. The molecule has 0 radical (unpaired) electrons. The molecule has 1 amide bonds. The minimum absolute atomic E-state index is 0.214. The van der Waals surface area contributed by atoms with Gasteiger partial charge in [0.15, 0.2) is 0 Å². The number of halogens is 1. The number of nitrogens with zero attached hydrogens (tertiary/aromatic N) is 1. The molecule has 2 aromatic carbocycles. The van der Waals surface area contributed by atoms with Crippen LogP contribution in [0.2, 0.25) is 5.02 Å². The van der Waals surface area contributed by atoms with Gasteiger partial charge in [0, 0.05) is 11.6 Å². The molecule has 0 spiro atoms. The summed E-state index contributed by atoms with van der Waals surface area (Å²) in [7, 11) is -2.34. The van der Waals surface area contributed by atoms with Crippen molar-refractivity contribution < 1.29 is 17.9 Å². The summed E-state index contributed by atoms with van der Waals surface area (Å²) < 4.78 is 31.1. The number of hydrogen-bond acceptors (Lipinski definition) is 4. The van der Waals surface area contributed by atoms with Crippen LogP contribution in [0.25, 0.3) is 0 Å². The molecule has 0 aliphatic rings. The molecule has 27 heavy (non-hydrogen) atoms. The molecule has 0 aliphatic heterocycles. The first-order valence-electron chi connectivity index (χ1n) is 8.30. The maximum Gasteiger partial charge on any atom is 0.243 e. The van der Waals surface area contributed by atoms with Crippen molar-refractivity contribution in [2.45, 2.75) is 26.4 Å². The molecule has 0 bridgehead atoms. The lowest BCUT2D eigenvalue weighted by Crippen LogP contribution is -2.47. The van der Waals surface area contributed by atoms with E-state index >= 15 is 0 Å². The van der Waals surface area contributed by atoms with Crippen molar-refractivity contribution in [3.8, 4) is 5.75 Å². The van der Waals surface area contributed by atoms with Crippen molar-refractivity contribution in [3.63, 3.8) is 0 Å². The number of benzene rings is 2. The fourth-order valence-electron chi connectivity index (χ4n) is 2.75. The van der Waals surface area contributed by atoms with E-state index < -0.39 is 22.0 Å². The molecule has 2 rings (SSSR count). The number of nitrogens with one attached hydrogen (secondary N) is 1. The molecule has 0 heterocycles. The minimum atomic E-state index is -3.77. The fraction of sp³-hybridized carbons (Fsp3) is 0.316. The molecule has 2 aromatic rings. The molecule has 0 unspecified atom stereocenters. The lowest BCUT2D eigenvalue weighted by molar-refractivity contribution is -0.122. The maximum absolute atomic E-state index is 12.7. The second-order valence-corrected chi connectivity index (χ2v) is 8.49. The van der Waals surface area contributed by atoms with Crippen LogP contribution >= 0.6 is 11.6 Å². The van der Waals surface area contributed by atoms with Crippen LogP contribution in [0.3, 0.4) is 0 Å². The summed E-state index contributed by atoms with van der Waals surface area (Å²) in [6.07, 6.45) is 1.04. The number of anilines is 1. The van der Waals surface area contributed by atoms with E-state index in [1.165, 1.54) is 20.1 Å². The van der Waals surface area contributed by atoms with E-state index in [4.69, 9.17) is 16.3 Å². The molecule has 1 N–H and O–H groups in total. The summed E-state index contributed by atoms with van der Waals surface area (Å²) in [5, 5.41) is 3.13. The molecule has 1 atom stereocenters. The zero-order valence-corrected chi connectivity index (χ0v) is 17.3. The van der Waals surface area contributed by atoms with E-state index in [0.29, 0.717) is 17.3 Å². The van der Waals surface area contributed by atoms with Crippen molar-refractivity contribution in [2.75, 3.05) is 17.7 Å². The number of hydrogen-bond donors (Lipinski definition) is 1. The monoisotopic (exact) mass is 410 g/mol. The number of carbonyl (C=O) groups excluding carboxylic acids is 1. The predicted octanol–water partition coefficient (Wildman–Crippen LogP) is 3.13. The summed E-state index contributed by atoms with van der Waals surface area (Å²) in [5.74, 6) is -0.117. The Bertz CT molecular complexity index is 931. The topological polar surface area (TPSA) is 75.7 Å². The molecular weight excluding hydrogens is 388 g/mol. The summed E-state index contributed by atoms with van der Waals surface area (Å²) in [4.78, 5) is 12.7. The minimum Gasteiger partial charge on any atom is -0.495 e. The van der Waals surface area contributed by atoms with Gasteiger partial charge in [-0.25, -0.2) is 8.42 Å². The number of ether oxygens (including phenoxy) is 1. The van der Waals surface area contributed by atoms with Crippen molar-refractivity contribution in [3.05, 3.63) is 58.6 Å². The van der Waals surface area contributed by atoms with Crippen LogP contribution in [0.4, 0.5) is 5.69 Å². The number of sulfonamides is 1. The molecule has 0 saturated carbocycles.